The van der Waals surface area contributed by atoms with Crippen molar-refractivity contribution in [3.8, 4) is 0 Å². The number of rotatable bonds is 42. The van der Waals surface area contributed by atoms with Crippen molar-refractivity contribution < 1.29 is 29.3 Å². The maximum Gasteiger partial charge on any atom is 0.306 e. The van der Waals surface area contributed by atoms with Gasteiger partial charge in [-0.15, -0.1) is 0 Å². The van der Waals surface area contributed by atoms with Gasteiger partial charge in [0.05, 0.1) is 12.7 Å². The SMILES string of the molecule is CCCCCCCC(CCCCC)CCOC(=O)CCCC[C@@H](O)CN(CCCCCO)CCCCCCC(=O)OC(CCC(CC)CCCC)CC(C)C. The molecular formula is C48H95NO6. The van der Waals surface area contributed by atoms with Crippen LogP contribution in [0.2, 0.25) is 0 Å². The molecule has 0 aliphatic heterocycles. The molecule has 7 heteroatoms. The van der Waals surface area contributed by atoms with E-state index < -0.39 is 6.10 Å². The normalized spacial score (nSPS) is 14.0. The summed E-state index contributed by atoms with van der Waals surface area (Å²) in [5, 5.41) is 20.1. The smallest absolute Gasteiger partial charge is 0.306 e. The largest absolute Gasteiger partial charge is 0.466 e. The molecule has 0 saturated heterocycles. The Morgan fingerprint density at radius 3 is 1.76 bits per heavy atom. The van der Waals surface area contributed by atoms with Gasteiger partial charge < -0.3 is 24.6 Å². The van der Waals surface area contributed by atoms with Gasteiger partial charge in [0.2, 0.25) is 0 Å². The summed E-state index contributed by atoms with van der Waals surface area (Å²) in [5.74, 6) is 1.79. The van der Waals surface area contributed by atoms with E-state index in [1.165, 1.54) is 89.9 Å². The Kier molecular flexibility index (Phi) is 38.8. The van der Waals surface area contributed by atoms with Crippen LogP contribution in [0.15, 0.2) is 0 Å². The van der Waals surface area contributed by atoms with Crippen LogP contribution in [0.3, 0.4) is 0 Å². The van der Waals surface area contributed by atoms with Gasteiger partial charge in [0, 0.05) is 26.0 Å². The van der Waals surface area contributed by atoms with Gasteiger partial charge in [-0.3, -0.25) is 9.59 Å². The molecule has 328 valence electrons. The van der Waals surface area contributed by atoms with Gasteiger partial charge >= 0.3 is 11.9 Å². The molecule has 0 aliphatic carbocycles. The molecule has 3 unspecified atom stereocenters. The fraction of sp³-hybridized carbons (Fsp3) is 0.958. The molecule has 0 fully saturated rings. The zero-order chi connectivity index (χ0) is 40.8. The van der Waals surface area contributed by atoms with E-state index in [1.54, 1.807) is 0 Å². The molecule has 2 N–H and O–H groups in total. The molecule has 0 aliphatic rings. The summed E-state index contributed by atoms with van der Waals surface area (Å²) < 4.78 is 11.7. The molecule has 55 heavy (non-hydrogen) atoms. The first-order valence-electron chi connectivity index (χ1n) is 24.0. The molecular weight excluding hydrogens is 687 g/mol. The number of unbranched alkanes of at least 4 members (excludes halogenated alkanes) is 13. The average Bonchev–Trinajstić information content (AvgIpc) is 3.15. The third-order valence-corrected chi connectivity index (χ3v) is 11.6. The van der Waals surface area contributed by atoms with Crippen LogP contribution < -0.4 is 0 Å². The van der Waals surface area contributed by atoms with Gasteiger partial charge in [-0.1, -0.05) is 151 Å². The number of hydrogen-bond donors (Lipinski definition) is 2. The van der Waals surface area contributed by atoms with E-state index in [9.17, 15) is 19.8 Å². The molecule has 0 aromatic carbocycles. The van der Waals surface area contributed by atoms with Gasteiger partial charge in [0.25, 0.3) is 0 Å². The number of hydrogen-bond acceptors (Lipinski definition) is 7. The Morgan fingerprint density at radius 2 is 1.11 bits per heavy atom. The average molecular weight is 782 g/mol. The number of carbonyl (C=O) groups excluding carboxylic acids is 2. The van der Waals surface area contributed by atoms with Gasteiger partial charge in [0.1, 0.15) is 6.10 Å². The highest BCUT2D eigenvalue weighted by Crippen LogP contribution is 2.24. The zero-order valence-electron chi connectivity index (χ0n) is 37.6. The molecule has 0 aromatic rings. The third kappa shape index (κ3) is 35.7. The molecule has 0 rings (SSSR count). The fourth-order valence-corrected chi connectivity index (χ4v) is 7.94. The first-order chi connectivity index (χ1) is 26.7. The van der Waals surface area contributed by atoms with Crippen molar-refractivity contribution in [3.05, 3.63) is 0 Å². The van der Waals surface area contributed by atoms with E-state index in [0.29, 0.717) is 44.2 Å². The monoisotopic (exact) mass is 782 g/mol. The molecule has 0 aromatic heterocycles. The van der Waals surface area contributed by atoms with Crippen molar-refractivity contribution in [1.82, 2.24) is 4.90 Å². The second-order valence-electron chi connectivity index (χ2n) is 17.5. The lowest BCUT2D eigenvalue weighted by molar-refractivity contribution is -0.150. The van der Waals surface area contributed by atoms with Crippen LogP contribution in [-0.4, -0.2) is 72.1 Å². The third-order valence-electron chi connectivity index (χ3n) is 11.6. The van der Waals surface area contributed by atoms with Crippen LogP contribution in [0.25, 0.3) is 0 Å². The lowest BCUT2D eigenvalue weighted by Crippen LogP contribution is -2.34. The lowest BCUT2D eigenvalue weighted by Gasteiger charge is -2.25. The minimum Gasteiger partial charge on any atom is -0.466 e. The summed E-state index contributed by atoms with van der Waals surface area (Å²) in [4.78, 5) is 27.6. The predicted octanol–water partition coefficient (Wildman–Crippen LogP) is 12.8. The van der Waals surface area contributed by atoms with Crippen molar-refractivity contribution in [1.29, 1.82) is 0 Å². The maximum absolute atomic E-state index is 12.8. The second kappa shape index (κ2) is 39.6. The zero-order valence-corrected chi connectivity index (χ0v) is 37.6. The quantitative estimate of drug-likeness (QED) is 0.0470. The molecule has 0 bridgehead atoms. The Labute approximate surface area is 342 Å². The Morgan fingerprint density at radius 1 is 0.564 bits per heavy atom. The van der Waals surface area contributed by atoms with E-state index in [1.807, 2.05) is 0 Å². The topological polar surface area (TPSA) is 96.3 Å². The van der Waals surface area contributed by atoms with Crippen LogP contribution in [0, 0.1) is 17.8 Å². The van der Waals surface area contributed by atoms with E-state index in [2.05, 4.69) is 46.4 Å². The molecule has 0 radical (unpaired) electrons. The Hall–Kier alpha value is -1.18. The van der Waals surface area contributed by atoms with Crippen LogP contribution in [-0.2, 0) is 19.1 Å². The van der Waals surface area contributed by atoms with Gasteiger partial charge in [-0.2, -0.15) is 0 Å². The summed E-state index contributed by atoms with van der Waals surface area (Å²) >= 11 is 0. The lowest BCUT2D eigenvalue weighted by atomic mass is 9.91. The van der Waals surface area contributed by atoms with Crippen molar-refractivity contribution in [2.45, 2.75) is 246 Å². The van der Waals surface area contributed by atoms with Gasteiger partial charge in [0.15, 0.2) is 0 Å². The van der Waals surface area contributed by atoms with Crippen LogP contribution in [0.5, 0.6) is 0 Å². The van der Waals surface area contributed by atoms with Crippen molar-refractivity contribution in [2.75, 3.05) is 32.8 Å². The van der Waals surface area contributed by atoms with E-state index in [4.69, 9.17) is 9.47 Å². The number of esters is 2. The molecule has 0 heterocycles. The first kappa shape index (κ1) is 53.8. The maximum atomic E-state index is 12.8. The molecule has 0 saturated carbocycles. The highest BCUT2D eigenvalue weighted by atomic mass is 16.5. The second-order valence-corrected chi connectivity index (χ2v) is 17.5. The molecule has 0 spiro atoms. The van der Waals surface area contributed by atoms with E-state index in [-0.39, 0.29) is 24.6 Å². The van der Waals surface area contributed by atoms with Crippen LogP contribution in [0.4, 0.5) is 0 Å². The van der Waals surface area contributed by atoms with Crippen molar-refractivity contribution in [3.63, 3.8) is 0 Å². The first-order valence-corrected chi connectivity index (χ1v) is 24.0. The van der Waals surface area contributed by atoms with Crippen molar-refractivity contribution >= 4 is 11.9 Å². The van der Waals surface area contributed by atoms with E-state index >= 15 is 0 Å². The summed E-state index contributed by atoms with van der Waals surface area (Å²) in [7, 11) is 0. The summed E-state index contributed by atoms with van der Waals surface area (Å²) in [6, 6.07) is 0. The van der Waals surface area contributed by atoms with Gasteiger partial charge in [-0.05, 0) is 101 Å². The molecule has 4 atom stereocenters. The number of aliphatic hydroxyl groups is 2. The standard InChI is InChI=1S/C48H95NO6/c1-7-11-14-15-20-29-44(28-19-12-8-2)35-39-54-47(52)31-23-22-30-45(51)41-49(37-25-18-26-38-50)36-24-17-16-21-32-48(53)55-46(40-42(5)6)34-33-43(10-4)27-13-9-3/h42-46,50-51H,7-41H2,1-6H3/t43?,44?,45-,46?/m1/s1. The van der Waals surface area contributed by atoms with Crippen molar-refractivity contribution in [2.24, 2.45) is 17.8 Å². The predicted molar refractivity (Wildman–Crippen MR) is 233 cm³/mol. The van der Waals surface area contributed by atoms with Crippen LogP contribution in [0.1, 0.15) is 234 Å². The van der Waals surface area contributed by atoms with Gasteiger partial charge in [-0.25, -0.2) is 0 Å². The fourth-order valence-electron chi connectivity index (χ4n) is 7.94. The number of ether oxygens (including phenoxy) is 2. The molecule has 0 amide bonds. The minimum atomic E-state index is -0.414. The summed E-state index contributed by atoms with van der Waals surface area (Å²) in [6.07, 6.45) is 31.6. The highest BCUT2D eigenvalue weighted by Gasteiger charge is 2.19. The van der Waals surface area contributed by atoms with E-state index in [0.717, 1.165) is 102 Å². The number of nitrogens with zero attached hydrogens (tertiary/aromatic N) is 1. The Balaban J connectivity index is 4.48. The molecule has 7 nitrogen and oxygen atoms in total. The Bertz CT molecular complexity index is 837. The summed E-state index contributed by atoms with van der Waals surface area (Å²) in [5.41, 5.74) is 0. The minimum absolute atomic E-state index is 0.0379. The number of aliphatic hydroxyl groups excluding tert-OH is 2. The van der Waals surface area contributed by atoms with Crippen LogP contribution >= 0.6 is 0 Å². The highest BCUT2D eigenvalue weighted by molar-refractivity contribution is 5.69. The summed E-state index contributed by atoms with van der Waals surface area (Å²) in [6.45, 7) is 16.7. The number of carbonyl (C=O) groups is 2.